The van der Waals surface area contributed by atoms with E-state index in [-0.39, 0.29) is 139 Å². The molecule has 8 N–H and O–H groups in total. The molecule has 25 nitrogen and oxygen atoms in total. The summed E-state index contributed by atoms with van der Waals surface area (Å²) in [6.45, 7) is 7.66. The first kappa shape index (κ1) is 61.1. The van der Waals surface area contributed by atoms with E-state index < -0.39 is 51.1 Å². The van der Waals surface area contributed by atoms with Crippen LogP contribution in [0.25, 0.3) is 0 Å². The number of aromatic hydroxyl groups is 2. The number of aliphatic hydroxyl groups excluding tert-OH is 1. The van der Waals surface area contributed by atoms with Crippen LogP contribution in [0.2, 0.25) is 0 Å². The Morgan fingerprint density at radius 1 is 0.823 bits per heavy atom. The predicted molar refractivity (Wildman–Crippen MR) is 281 cm³/mol. The number of carbonyl (C=O) groups is 8. The number of ether oxygens (including phenoxy) is 4. The van der Waals surface area contributed by atoms with E-state index >= 15 is 0 Å². The molecule has 79 heavy (non-hydrogen) atoms. The number of aliphatic hydroxyl groups is 1. The third-order valence-corrected chi connectivity index (χ3v) is 15.2. The van der Waals surface area contributed by atoms with E-state index in [4.69, 9.17) is 18.9 Å². The Bertz CT molecular complexity index is 2870. The predicted octanol–water partition coefficient (Wildman–Crippen LogP) is -0.473. The molecule has 0 spiro atoms. The molecule has 2 aliphatic carbocycles. The van der Waals surface area contributed by atoms with Crippen LogP contribution in [-0.2, 0) is 60.9 Å². The molecule has 2 aromatic carbocycles. The number of nitrogens with zero attached hydrogens (tertiary/aromatic N) is 3. The van der Waals surface area contributed by atoms with E-state index in [1.165, 1.54) is 31.4 Å². The normalized spacial score (nSPS) is 21.5. The van der Waals surface area contributed by atoms with E-state index in [9.17, 15) is 62.1 Å². The molecule has 3 aliphatic heterocycles. The summed E-state index contributed by atoms with van der Waals surface area (Å²) in [7, 11) is -0.511. The highest BCUT2D eigenvalue weighted by molar-refractivity contribution is 7.90. The molecule has 5 aliphatic rings. The largest absolute Gasteiger partial charge is 0.507 e. The number of ketones is 2. The zero-order valence-electron chi connectivity index (χ0n) is 44.8. The Morgan fingerprint density at radius 2 is 1.54 bits per heavy atom. The number of phenolic OH excluding ortho intramolecular Hbond substituents is 2. The van der Waals surface area contributed by atoms with Gasteiger partial charge in [-0.05, 0) is 70.6 Å². The average Bonchev–Trinajstić information content (AvgIpc) is 4.06. The number of benzene rings is 2. The molecule has 4 heterocycles. The lowest BCUT2D eigenvalue weighted by atomic mass is 9.75. The quantitative estimate of drug-likeness (QED) is 0.0376. The average molecular weight is 1120 g/mol. The molecule has 0 radical (unpaired) electrons. The van der Waals surface area contributed by atoms with Crippen molar-refractivity contribution < 1.29 is 81.0 Å². The highest BCUT2D eigenvalue weighted by atomic mass is 32.2. The number of aromatic nitrogens is 1. The van der Waals surface area contributed by atoms with E-state index in [1.54, 1.807) is 24.1 Å². The summed E-state index contributed by atoms with van der Waals surface area (Å²) in [5.74, 6) is -4.14. The van der Waals surface area contributed by atoms with E-state index in [0.717, 1.165) is 45.2 Å². The van der Waals surface area contributed by atoms with Crippen LogP contribution in [0.15, 0.2) is 41.4 Å². The van der Waals surface area contributed by atoms with Crippen LogP contribution in [-0.4, -0.2) is 203 Å². The van der Waals surface area contributed by atoms with Gasteiger partial charge in [-0.1, -0.05) is 18.2 Å². The lowest BCUT2D eigenvalue weighted by molar-refractivity contribution is -0.190. The fraction of sp³-hybridized carbons (Fsp3) is 0.528. The van der Waals surface area contributed by atoms with Crippen molar-refractivity contribution in [3.63, 3.8) is 0 Å². The van der Waals surface area contributed by atoms with Gasteiger partial charge in [-0.3, -0.25) is 43.3 Å². The lowest BCUT2D eigenvalue weighted by Gasteiger charge is -2.43. The molecule has 0 bridgehead atoms. The Morgan fingerprint density at radius 3 is 2.24 bits per heavy atom. The van der Waals surface area contributed by atoms with E-state index in [2.05, 4.69) is 36.5 Å². The van der Waals surface area contributed by atoms with Crippen LogP contribution in [0.5, 0.6) is 17.2 Å². The molecular weight excluding hydrogens is 1050 g/mol. The van der Waals surface area contributed by atoms with Crippen molar-refractivity contribution >= 4 is 57.3 Å². The summed E-state index contributed by atoms with van der Waals surface area (Å²) < 4.78 is 44.3. The number of amides is 6. The minimum atomic E-state index is -3.54. The first-order valence-corrected chi connectivity index (χ1v) is 27.9. The van der Waals surface area contributed by atoms with Gasteiger partial charge in [0.15, 0.2) is 26.9 Å². The fourth-order valence-electron chi connectivity index (χ4n) is 9.97. The molecule has 6 amide bonds. The zero-order valence-corrected chi connectivity index (χ0v) is 45.6. The maximum atomic E-state index is 13.2. The van der Waals surface area contributed by atoms with Crippen molar-refractivity contribution in [2.45, 2.75) is 94.4 Å². The van der Waals surface area contributed by atoms with Gasteiger partial charge in [-0.15, -0.1) is 0 Å². The number of likely N-dealkylation sites (tertiary alicyclic amines) is 1. The maximum absolute atomic E-state index is 13.2. The number of hydrogen-bond acceptors (Lipinski definition) is 19. The summed E-state index contributed by atoms with van der Waals surface area (Å²) in [5.41, 5.74) is 0.246. The van der Waals surface area contributed by atoms with Crippen molar-refractivity contribution in [3.05, 3.63) is 75.5 Å². The lowest BCUT2D eigenvalue weighted by Crippen LogP contribution is -2.57. The number of sulfone groups is 1. The van der Waals surface area contributed by atoms with Crippen LogP contribution < -0.4 is 31.3 Å². The van der Waals surface area contributed by atoms with Crippen molar-refractivity contribution in [2.24, 2.45) is 5.92 Å². The SMILES string of the molecule is CC1CCCN1C(=O)CNC(=O)CNC(=O)CCNC(=O)c1cccc(S(C)(=O)=O)n1.COC1CN(C2CCOC(C)C2O)CCO1.COc1cccc2c1C(=O)c1c(O)c3c(c(O)c1C2=O)CC(C(=O)NCCNC=O)CC3. The van der Waals surface area contributed by atoms with Crippen molar-refractivity contribution in [2.75, 3.05) is 86.0 Å². The summed E-state index contributed by atoms with van der Waals surface area (Å²) in [5, 5.41) is 44.3. The van der Waals surface area contributed by atoms with Gasteiger partial charge in [0.25, 0.3) is 5.91 Å². The van der Waals surface area contributed by atoms with Crippen molar-refractivity contribution in [1.82, 2.24) is 41.4 Å². The summed E-state index contributed by atoms with van der Waals surface area (Å²) in [4.78, 5) is 105. The number of fused-ring (bicyclic) bond motifs is 3. The van der Waals surface area contributed by atoms with E-state index in [1.807, 2.05) is 13.8 Å². The van der Waals surface area contributed by atoms with Gasteiger partial charge in [0.1, 0.15) is 22.9 Å². The smallest absolute Gasteiger partial charge is 0.269 e. The molecule has 0 saturated carbocycles. The second-order valence-electron chi connectivity index (χ2n) is 19.5. The van der Waals surface area contributed by atoms with Gasteiger partial charge in [-0.2, -0.15) is 0 Å². The molecule has 6 atom stereocenters. The highest BCUT2D eigenvalue weighted by Crippen LogP contribution is 2.47. The number of morpholine rings is 1. The topological polar surface area (TPSA) is 348 Å². The first-order chi connectivity index (χ1) is 37.7. The van der Waals surface area contributed by atoms with Gasteiger partial charge >= 0.3 is 0 Å². The number of methoxy groups -OCH3 is 2. The van der Waals surface area contributed by atoms with Crippen molar-refractivity contribution in [3.8, 4) is 17.2 Å². The van der Waals surface area contributed by atoms with Crippen molar-refractivity contribution in [1.29, 1.82) is 0 Å². The van der Waals surface area contributed by atoms with Gasteiger partial charge in [0.05, 0.1) is 55.7 Å². The second-order valence-corrected chi connectivity index (χ2v) is 21.4. The monoisotopic (exact) mass is 1120 g/mol. The summed E-state index contributed by atoms with van der Waals surface area (Å²) in [6.07, 6.45) is 4.32. The highest BCUT2D eigenvalue weighted by Gasteiger charge is 2.41. The van der Waals surface area contributed by atoms with Crippen LogP contribution in [0.4, 0.5) is 0 Å². The molecular formula is C53H70N8O17S. The number of pyridine rings is 1. The standard InChI is InChI=1S/C23H22N2O7.C19H27N5O6S.C11H21NO4/c1-32-15-4-2-3-13-16(15)22(30)18-17(20(13)28)21(29)14-9-11(5-6-12(14)19(18)27)23(31)25-8-7-24-10-26;1-13-5-4-10-24(13)18(27)12-22-16(26)11-21-15(25)8-9-20-19(28)14-6-3-7-17(23-14)31(2,29)30;1-8-11(13)9(3-5-15-8)12-4-6-16-10(7-12)14-2/h2-4,10-11,27,29H,5-9H2,1H3,(H,24,26)(H,25,31);3,6-7,13H,4-5,8-12H2,1-2H3,(H,20,28)(H,21,25)(H,22,26);8-11,13H,3-7H2,1-2H3. The van der Waals surface area contributed by atoms with Gasteiger partial charge in [0.2, 0.25) is 35.8 Å². The summed E-state index contributed by atoms with van der Waals surface area (Å²) >= 11 is 0. The molecule has 3 aromatic rings. The molecule has 430 valence electrons. The Hall–Kier alpha value is -7.10. The van der Waals surface area contributed by atoms with Gasteiger partial charge in [-0.25, -0.2) is 13.4 Å². The molecule has 26 heteroatoms. The number of hydrogen-bond donors (Lipinski definition) is 8. The first-order valence-electron chi connectivity index (χ1n) is 26.0. The second kappa shape index (κ2) is 28.2. The maximum Gasteiger partial charge on any atom is 0.269 e. The third-order valence-electron chi connectivity index (χ3n) is 14.2. The molecule has 3 fully saturated rings. The summed E-state index contributed by atoms with van der Waals surface area (Å²) in [6, 6.07) is 8.98. The zero-order chi connectivity index (χ0) is 57.6. The van der Waals surface area contributed by atoms with E-state index in [0.29, 0.717) is 37.1 Å². The van der Waals surface area contributed by atoms with Crippen LogP contribution in [0.3, 0.4) is 0 Å². The number of phenols is 2. The van der Waals surface area contributed by atoms with Crippen LogP contribution in [0.1, 0.15) is 99.4 Å². The minimum Gasteiger partial charge on any atom is -0.507 e. The Kier molecular flexibility index (Phi) is 21.8. The third kappa shape index (κ3) is 15.4. The van der Waals surface area contributed by atoms with Crippen LogP contribution >= 0.6 is 0 Å². The number of rotatable bonds is 17. The Labute approximate surface area is 457 Å². The van der Waals surface area contributed by atoms with Crippen LogP contribution in [0, 0.1) is 5.92 Å². The molecule has 8 rings (SSSR count). The number of carbonyl (C=O) groups excluding carboxylic acids is 8. The molecule has 3 saturated heterocycles. The minimum absolute atomic E-state index is 0.0254. The fourth-order valence-corrected chi connectivity index (χ4v) is 10.6. The van der Waals surface area contributed by atoms with Gasteiger partial charge in [0, 0.05) is 100 Å². The molecule has 6 unspecified atom stereocenters. The van der Waals surface area contributed by atoms with Gasteiger partial charge < -0.3 is 65.8 Å². The molecule has 1 aromatic heterocycles. The number of nitrogens with one attached hydrogen (secondary N) is 5. The Balaban J connectivity index is 0.000000202.